The monoisotopic (exact) mass is 425 g/mol. The Hall–Kier alpha value is -2.93. The Balaban J connectivity index is 1.62. The first-order valence-corrected chi connectivity index (χ1v) is 11.4. The first-order valence-electron chi connectivity index (χ1n) is 9.96. The van der Waals surface area contributed by atoms with E-state index in [1.165, 1.54) is 0 Å². The number of ether oxygens (including phenoxy) is 1. The molecule has 3 aromatic rings. The largest absolute Gasteiger partial charge is 0.484 e. The van der Waals surface area contributed by atoms with Crippen LogP contribution in [0.2, 0.25) is 0 Å². The van der Waals surface area contributed by atoms with E-state index in [4.69, 9.17) is 4.74 Å². The summed E-state index contributed by atoms with van der Waals surface area (Å²) in [5.41, 5.74) is 1.84. The zero-order chi connectivity index (χ0) is 21.3. The third-order valence-electron chi connectivity index (χ3n) is 4.75. The van der Waals surface area contributed by atoms with Crippen LogP contribution in [0.1, 0.15) is 13.3 Å². The van der Waals surface area contributed by atoms with Crippen molar-refractivity contribution in [3.63, 3.8) is 0 Å². The van der Waals surface area contributed by atoms with E-state index >= 15 is 0 Å². The van der Waals surface area contributed by atoms with Crippen molar-refractivity contribution in [3.8, 4) is 5.75 Å². The second-order valence-corrected chi connectivity index (χ2v) is 7.85. The van der Waals surface area contributed by atoms with Gasteiger partial charge in [0.2, 0.25) is 5.91 Å². The molecule has 0 spiro atoms. The highest BCUT2D eigenvalue weighted by molar-refractivity contribution is 7.98. The fourth-order valence-corrected chi connectivity index (χ4v) is 3.66. The van der Waals surface area contributed by atoms with Crippen LogP contribution in [0.15, 0.2) is 60.8 Å². The van der Waals surface area contributed by atoms with Gasteiger partial charge >= 0.3 is 0 Å². The van der Waals surface area contributed by atoms with Crippen LogP contribution >= 0.6 is 11.8 Å². The fourth-order valence-electron chi connectivity index (χ4n) is 3.19. The van der Waals surface area contributed by atoms with Crippen molar-refractivity contribution >= 4 is 40.2 Å². The third-order valence-corrected chi connectivity index (χ3v) is 5.40. The molecule has 0 radical (unpaired) electrons. The summed E-state index contributed by atoms with van der Waals surface area (Å²) in [4.78, 5) is 25.2. The lowest BCUT2D eigenvalue weighted by Gasteiger charge is -2.18. The topological polar surface area (TPSA) is 72.4 Å². The molecule has 0 aliphatic carbocycles. The normalized spacial score (nSPS) is 11.8. The van der Waals surface area contributed by atoms with Gasteiger partial charge in [-0.25, -0.2) is 0 Å². The van der Waals surface area contributed by atoms with Crippen molar-refractivity contribution in [3.05, 3.63) is 60.8 Å². The second kappa shape index (κ2) is 10.7. The second-order valence-electron chi connectivity index (χ2n) is 6.87. The maximum atomic E-state index is 12.8. The van der Waals surface area contributed by atoms with Crippen LogP contribution in [0.5, 0.6) is 5.75 Å². The van der Waals surface area contributed by atoms with E-state index in [0.717, 1.165) is 23.2 Å². The molecule has 2 N–H and O–H groups in total. The van der Waals surface area contributed by atoms with Crippen molar-refractivity contribution in [2.45, 2.75) is 25.9 Å². The molecular weight excluding hydrogens is 398 g/mol. The van der Waals surface area contributed by atoms with Crippen molar-refractivity contribution in [1.82, 2.24) is 9.88 Å². The predicted molar refractivity (Wildman–Crippen MR) is 123 cm³/mol. The van der Waals surface area contributed by atoms with Gasteiger partial charge in [-0.3, -0.25) is 9.59 Å². The molecule has 0 saturated heterocycles. The van der Waals surface area contributed by atoms with Crippen molar-refractivity contribution in [2.75, 3.05) is 23.9 Å². The molecule has 3 rings (SSSR count). The molecule has 0 aliphatic heterocycles. The lowest BCUT2D eigenvalue weighted by atomic mass is 10.2. The quantitative estimate of drug-likeness (QED) is 0.516. The summed E-state index contributed by atoms with van der Waals surface area (Å²) in [6, 6.07) is 16.4. The molecule has 1 heterocycles. The molecular formula is C23H27N3O3S. The standard InChI is InChI=1S/C23H27N3O3S/c1-3-26-13-11-17-15-18(9-10-21(17)26)24-23(28)20(12-14-30-2)25-22(27)16-29-19-7-5-4-6-8-19/h4-11,13,15,20H,3,12,14,16H2,1-2H3,(H,24,28)(H,25,27). The molecule has 30 heavy (non-hydrogen) atoms. The van der Waals surface area contributed by atoms with Crippen LogP contribution in [0.4, 0.5) is 5.69 Å². The Labute approximate surface area is 181 Å². The Morgan fingerprint density at radius 3 is 2.67 bits per heavy atom. The zero-order valence-electron chi connectivity index (χ0n) is 17.3. The number of para-hydroxylation sites is 1. The number of rotatable bonds is 10. The number of thioether (sulfide) groups is 1. The predicted octanol–water partition coefficient (Wildman–Crippen LogP) is 3.92. The molecule has 1 unspecified atom stereocenters. The fraction of sp³-hybridized carbons (Fsp3) is 0.304. The van der Waals surface area contributed by atoms with E-state index in [9.17, 15) is 9.59 Å². The summed E-state index contributed by atoms with van der Waals surface area (Å²) >= 11 is 1.63. The number of fused-ring (bicyclic) bond motifs is 1. The highest BCUT2D eigenvalue weighted by Gasteiger charge is 2.21. The molecule has 0 bridgehead atoms. The number of hydrogen-bond donors (Lipinski definition) is 2. The molecule has 7 heteroatoms. The number of carbonyl (C=O) groups is 2. The Kier molecular flexibility index (Phi) is 7.79. The smallest absolute Gasteiger partial charge is 0.258 e. The first kappa shape index (κ1) is 21.8. The summed E-state index contributed by atoms with van der Waals surface area (Å²) < 4.78 is 7.63. The molecule has 2 aromatic carbocycles. The lowest BCUT2D eigenvalue weighted by Crippen LogP contribution is -2.45. The summed E-state index contributed by atoms with van der Waals surface area (Å²) in [6.45, 7) is 2.85. The van der Waals surface area contributed by atoms with Gasteiger partial charge in [-0.05, 0) is 61.8 Å². The van der Waals surface area contributed by atoms with Crippen LogP contribution in [-0.4, -0.2) is 41.0 Å². The minimum absolute atomic E-state index is 0.135. The van der Waals surface area contributed by atoms with Crippen LogP contribution in [0.25, 0.3) is 10.9 Å². The number of amides is 2. The van der Waals surface area contributed by atoms with Gasteiger partial charge in [0, 0.05) is 29.3 Å². The highest BCUT2D eigenvalue weighted by atomic mass is 32.2. The first-order chi connectivity index (χ1) is 14.6. The molecule has 0 fully saturated rings. The van der Waals surface area contributed by atoms with Crippen molar-refractivity contribution in [1.29, 1.82) is 0 Å². The molecule has 0 saturated carbocycles. The van der Waals surface area contributed by atoms with E-state index in [-0.39, 0.29) is 18.4 Å². The molecule has 1 aromatic heterocycles. The van der Waals surface area contributed by atoms with E-state index in [1.54, 1.807) is 23.9 Å². The van der Waals surface area contributed by atoms with Gasteiger partial charge in [0.25, 0.3) is 5.91 Å². The van der Waals surface area contributed by atoms with Crippen molar-refractivity contribution < 1.29 is 14.3 Å². The number of benzene rings is 2. The number of aromatic nitrogens is 1. The van der Waals surface area contributed by atoms with Gasteiger partial charge in [-0.2, -0.15) is 11.8 Å². The average Bonchev–Trinajstić information content (AvgIpc) is 3.18. The van der Waals surface area contributed by atoms with Crippen LogP contribution < -0.4 is 15.4 Å². The highest BCUT2D eigenvalue weighted by Crippen LogP contribution is 2.21. The van der Waals surface area contributed by atoms with Gasteiger partial charge in [-0.1, -0.05) is 18.2 Å². The molecule has 2 amide bonds. The van der Waals surface area contributed by atoms with E-state index in [2.05, 4.69) is 22.1 Å². The molecule has 6 nitrogen and oxygen atoms in total. The minimum Gasteiger partial charge on any atom is -0.484 e. The summed E-state index contributed by atoms with van der Waals surface area (Å²) in [5, 5.41) is 6.80. The molecule has 0 aliphatic rings. The summed E-state index contributed by atoms with van der Waals surface area (Å²) in [5.74, 6) is 0.822. The Bertz CT molecular complexity index is 988. The zero-order valence-corrected chi connectivity index (χ0v) is 18.1. The summed E-state index contributed by atoms with van der Waals surface area (Å²) in [7, 11) is 0. The Morgan fingerprint density at radius 2 is 1.93 bits per heavy atom. The molecule has 1 atom stereocenters. The average molecular weight is 426 g/mol. The van der Waals surface area contributed by atoms with Gasteiger partial charge in [0.05, 0.1) is 0 Å². The number of nitrogens with one attached hydrogen (secondary N) is 2. The van der Waals surface area contributed by atoms with Crippen LogP contribution in [-0.2, 0) is 16.1 Å². The maximum Gasteiger partial charge on any atom is 0.258 e. The van der Waals surface area contributed by atoms with E-state index < -0.39 is 6.04 Å². The van der Waals surface area contributed by atoms with Crippen LogP contribution in [0.3, 0.4) is 0 Å². The minimum atomic E-state index is -0.625. The van der Waals surface area contributed by atoms with Crippen molar-refractivity contribution in [2.24, 2.45) is 0 Å². The van der Waals surface area contributed by atoms with Gasteiger partial charge in [0.15, 0.2) is 6.61 Å². The third kappa shape index (κ3) is 5.79. The number of aryl methyl sites for hydroxylation is 1. The molecule has 158 valence electrons. The Morgan fingerprint density at radius 1 is 1.13 bits per heavy atom. The number of anilines is 1. The van der Waals surface area contributed by atoms with Gasteiger partial charge in [0.1, 0.15) is 11.8 Å². The van der Waals surface area contributed by atoms with E-state index in [1.807, 2.05) is 54.9 Å². The van der Waals surface area contributed by atoms with Gasteiger partial charge < -0.3 is 19.9 Å². The number of hydrogen-bond acceptors (Lipinski definition) is 4. The summed E-state index contributed by atoms with van der Waals surface area (Å²) in [6.07, 6.45) is 4.55. The van der Waals surface area contributed by atoms with Crippen LogP contribution in [0, 0.1) is 0 Å². The SMILES string of the molecule is CCn1ccc2cc(NC(=O)C(CCSC)NC(=O)COc3ccccc3)ccc21. The van der Waals surface area contributed by atoms with Gasteiger partial charge in [-0.15, -0.1) is 0 Å². The number of nitrogens with zero attached hydrogens (tertiary/aromatic N) is 1. The lowest BCUT2D eigenvalue weighted by molar-refractivity contribution is -0.127. The number of carbonyl (C=O) groups excluding carboxylic acids is 2. The maximum absolute atomic E-state index is 12.8. The van der Waals surface area contributed by atoms with E-state index in [0.29, 0.717) is 17.9 Å².